The molecule has 0 radical (unpaired) electrons. The summed E-state index contributed by atoms with van der Waals surface area (Å²) in [5, 5.41) is 0. The third-order valence-electron chi connectivity index (χ3n) is 16.1. The van der Waals surface area contributed by atoms with Gasteiger partial charge in [-0.2, -0.15) is 0 Å². The van der Waals surface area contributed by atoms with E-state index in [-0.39, 0.29) is 39.3 Å². The van der Waals surface area contributed by atoms with E-state index in [1.165, 1.54) is 114 Å². The maximum Gasteiger partial charge on any atom is 0.252 e. The van der Waals surface area contributed by atoms with Gasteiger partial charge in [0.1, 0.15) is 0 Å². The molecule has 328 valence electrons. The lowest BCUT2D eigenvalue weighted by Crippen LogP contribution is -2.62. The second-order valence-electron chi connectivity index (χ2n) is 24.6. The molecular formula is C60H70BN3. The summed E-state index contributed by atoms with van der Waals surface area (Å²) < 4.78 is 0. The van der Waals surface area contributed by atoms with Gasteiger partial charge in [-0.25, -0.2) is 0 Å². The number of hydrogen-bond acceptors (Lipinski definition) is 3. The molecule has 2 unspecified atom stereocenters. The molecular weight excluding hydrogens is 773 g/mol. The molecule has 4 aliphatic rings. The first-order chi connectivity index (χ1) is 29.8. The fraction of sp³-hybridized carbons (Fsp3) is 0.400. The van der Waals surface area contributed by atoms with Gasteiger partial charge in [0.25, 0.3) is 6.71 Å². The van der Waals surface area contributed by atoms with Crippen LogP contribution < -0.4 is 31.1 Å². The van der Waals surface area contributed by atoms with Crippen LogP contribution in [0.15, 0.2) is 109 Å². The van der Waals surface area contributed by atoms with Gasteiger partial charge in [0.05, 0.1) is 5.54 Å². The molecule has 1 saturated carbocycles. The second kappa shape index (κ2) is 13.7. The first-order valence-electron chi connectivity index (χ1n) is 24.0. The summed E-state index contributed by atoms with van der Waals surface area (Å²) in [6, 6.07) is 43.8. The summed E-state index contributed by atoms with van der Waals surface area (Å²) in [4.78, 5) is 7.94. The average Bonchev–Trinajstić information content (AvgIpc) is 3.33. The molecule has 2 atom stereocenters. The van der Waals surface area contributed by atoms with Crippen molar-refractivity contribution in [2.24, 2.45) is 0 Å². The number of nitrogens with zero attached hydrogens (tertiary/aromatic N) is 3. The van der Waals surface area contributed by atoms with Crippen LogP contribution in [0.4, 0.5) is 45.5 Å². The normalized spacial score (nSPS) is 20.1. The van der Waals surface area contributed by atoms with E-state index in [1.807, 2.05) is 0 Å². The van der Waals surface area contributed by atoms with Gasteiger partial charge in [0, 0.05) is 50.9 Å². The van der Waals surface area contributed by atoms with Crippen molar-refractivity contribution in [3.8, 4) is 0 Å². The van der Waals surface area contributed by atoms with E-state index in [0.717, 1.165) is 0 Å². The topological polar surface area (TPSA) is 9.72 Å². The molecule has 6 aromatic carbocycles. The minimum absolute atomic E-state index is 0.0103. The Balaban J connectivity index is 1.25. The number of rotatable bonds is 3. The molecule has 64 heavy (non-hydrogen) atoms. The Labute approximate surface area is 386 Å². The molecule has 1 fully saturated rings. The van der Waals surface area contributed by atoms with Gasteiger partial charge in [-0.05, 0) is 165 Å². The van der Waals surface area contributed by atoms with Crippen LogP contribution in [0.5, 0.6) is 0 Å². The smallest absolute Gasteiger partial charge is 0.252 e. The molecule has 3 nitrogen and oxygen atoms in total. The van der Waals surface area contributed by atoms with E-state index >= 15 is 0 Å². The third kappa shape index (κ3) is 6.20. The summed E-state index contributed by atoms with van der Waals surface area (Å²) >= 11 is 0. The molecule has 0 bridgehead atoms. The number of hydrogen-bond donors (Lipinski definition) is 0. The Morgan fingerprint density at radius 3 is 1.52 bits per heavy atom. The maximum atomic E-state index is 2.73. The average molecular weight is 844 g/mol. The van der Waals surface area contributed by atoms with Crippen LogP contribution in [0.2, 0.25) is 0 Å². The van der Waals surface area contributed by atoms with E-state index in [1.54, 1.807) is 0 Å². The molecule has 0 aromatic heterocycles. The first kappa shape index (κ1) is 42.7. The summed E-state index contributed by atoms with van der Waals surface area (Å²) in [5.74, 6) is 0. The molecule has 4 heteroatoms. The van der Waals surface area contributed by atoms with Crippen LogP contribution in [0.25, 0.3) is 0 Å². The van der Waals surface area contributed by atoms with Crippen molar-refractivity contribution in [3.05, 3.63) is 148 Å². The Morgan fingerprint density at radius 1 is 0.438 bits per heavy atom. The minimum Gasteiger partial charge on any atom is -0.334 e. The Hall–Kier alpha value is -5.22. The molecule has 0 amide bonds. The van der Waals surface area contributed by atoms with Gasteiger partial charge in [0.2, 0.25) is 0 Å². The first-order valence-corrected chi connectivity index (χ1v) is 24.0. The highest BCUT2D eigenvalue weighted by atomic mass is 15.3. The Morgan fingerprint density at radius 2 is 0.953 bits per heavy atom. The fourth-order valence-corrected chi connectivity index (χ4v) is 11.7. The zero-order chi connectivity index (χ0) is 45.8. The van der Waals surface area contributed by atoms with Gasteiger partial charge in [0.15, 0.2) is 0 Å². The van der Waals surface area contributed by atoms with Crippen LogP contribution >= 0.6 is 0 Å². The summed E-state index contributed by atoms with van der Waals surface area (Å²) in [7, 11) is 0. The SMILES string of the molecule is Cc1cc2c3c(c1)N(c1ccc(C(C)(C)C)cc1C)c1ccc(C(C)(C)C)cc1B3c1ccc(N3c4ccc(C(C)(C)C)cc4C4(C)CCC34C)cc1N2c1ccc(C(C)(C)C)cc1. The van der Waals surface area contributed by atoms with E-state index in [2.05, 4.69) is 235 Å². The lowest BCUT2D eigenvalue weighted by Gasteiger charge is -2.56. The van der Waals surface area contributed by atoms with Crippen LogP contribution in [0.1, 0.15) is 149 Å². The standard InChI is InChI=1S/C60H70BN3/c1-37-31-52-54-53(32-37)63(48-26-19-40(33-38(48)2)56(6,7)8)50-28-21-42(58(12,13)14)35-47(50)61(54)46-25-24-44(36-51(46)62(52)43-22-17-39(18-23-43)55(3,4)5)64-49-27-20-41(57(9,10)11)34-45(49)59(15)29-30-60(59,64)16/h17-28,31-36H,29-30H2,1-16H3. The predicted molar refractivity (Wildman–Crippen MR) is 278 cm³/mol. The second-order valence-corrected chi connectivity index (χ2v) is 24.6. The molecule has 10 rings (SSSR count). The minimum atomic E-state index is -0.0183. The van der Waals surface area contributed by atoms with Crippen LogP contribution in [0, 0.1) is 13.8 Å². The maximum absolute atomic E-state index is 2.73. The van der Waals surface area contributed by atoms with Gasteiger partial charge >= 0.3 is 0 Å². The van der Waals surface area contributed by atoms with Crippen molar-refractivity contribution in [1.82, 2.24) is 0 Å². The number of fused-ring (bicyclic) bond motifs is 7. The van der Waals surface area contributed by atoms with Crippen LogP contribution in [-0.2, 0) is 27.1 Å². The van der Waals surface area contributed by atoms with Gasteiger partial charge < -0.3 is 14.7 Å². The Kier molecular flexibility index (Phi) is 9.12. The van der Waals surface area contributed by atoms with Crippen LogP contribution in [0.3, 0.4) is 0 Å². The van der Waals surface area contributed by atoms with Crippen molar-refractivity contribution in [1.29, 1.82) is 0 Å². The van der Waals surface area contributed by atoms with Crippen molar-refractivity contribution < 1.29 is 0 Å². The summed E-state index contributed by atoms with van der Waals surface area (Å²) in [6.07, 6.45) is 2.37. The van der Waals surface area contributed by atoms with E-state index in [4.69, 9.17) is 0 Å². The zero-order valence-corrected chi connectivity index (χ0v) is 41.7. The van der Waals surface area contributed by atoms with E-state index in [0.29, 0.717) is 0 Å². The van der Waals surface area contributed by atoms with E-state index < -0.39 is 0 Å². The molecule has 0 spiro atoms. The molecule has 0 saturated heterocycles. The van der Waals surface area contributed by atoms with Crippen molar-refractivity contribution in [3.63, 3.8) is 0 Å². The number of aryl methyl sites for hydroxylation is 2. The van der Waals surface area contributed by atoms with Crippen molar-refractivity contribution >= 4 is 68.6 Å². The van der Waals surface area contributed by atoms with Crippen LogP contribution in [-0.4, -0.2) is 12.3 Å². The highest BCUT2D eigenvalue weighted by Crippen LogP contribution is 2.65. The van der Waals surface area contributed by atoms with Gasteiger partial charge in [-0.15, -0.1) is 0 Å². The number of anilines is 8. The lowest BCUT2D eigenvalue weighted by molar-refractivity contribution is 0.133. The largest absolute Gasteiger partial charge is 0.334 e. The van der Waals surface area contributed by atoms with Crippen molar-refractivity contribution in [2.75, 3.05) is 14.7 Å². The van der Waals surface area contributed by atoms with Gasteiger partial charge in [-0.1, -0.05) is 145 Å². The predicted octanol–water partition coefficient (Wildman–Crippen LogP) is 14.5. The third-order valence-corrected chi connectivity index (χ3v) is 16.1. The summed E-state index contributed by atoms with van der Waals surface area (Å²) in [6.45, 7) is 37.7. The molecule has 3 aliphatic heterocycles. The van der Waals surface area contributed by atoms with Crippen molar-refractivity contribution in [2.45, 2.75) is 156 Å². The Bertz CT molecular complexity index is 2890. The highest BCUT2D eigenvalue weighted by Gasteiger charge is 2.63. The zero-order valence-electron chi connectivity index (χ0n) is 41.7. The molecule has 3 heterocycles. The fourth-order valence-electron chi connectivity index (χ4n) is 11.7. The lowest BCUT2D eigenvalue weighted by atomic mass is 9.33. The monoisotopic (exact) mass is 844 g/mol. The molecule has 6 aromatic rings. The summed E-state index contributed by atoms with van der Waals surface area (Å²) in [5.41, 5.74) is 24.1. The van der Waals surface area contributed by atoms with E-state index in [9.17, 15) is 0 Å². The van der Waals surface area contributed by atoms with Gasteiger partial charge in [-0.3, -0.25) is 0 Å². The molecule has 1 aliphatic carbocycles. The molecule has 0 N–H and O–H groups in total. The number of benzene rings is 6. The highest BCUT2D eigenvalue weighted by molar-refractivity contribution is 7.00. The quantitative estimate of drug-likeness (QED) is 0.164.